The van der Waals surface area contributed by atoms with Crippen molar-refractivity contribution < 1.29 is 13.9 Å². The number of anilines is 1. The highest BCUT2D eigenvalue weighted by atomic mass is 35.5. The number of rotatable bonds is 4. The first kappa shape index (κ1) is 13.1. The second-order valence-corrected chi connectivity index (χ2v) is 3.83. The smallest absolute Gasteiger partial charge is 0.339 e. The molecule has 0 heterocycles. The van der Waals surface area contributed by atoms with E-state index in [1.807, 2.05) is 0 Å². The van der Waals surface area contributed by atoms with Crippen LogP contribution < -0.4 is 5.73 Å². The fourth-order valence-electron chi connectivity index (χ4n) is 1.06. The van der Waals surface area contributed by atoms with Crippen LogP contribution in [0.4, 0.5) is 10.1 Å². The molecule has 0 radical (unpaired) electrons. The van der Waals surface area contributed by atoms with E-state index in [-0.39, 0.29) is 28.6 Å². The number of hydrogen-bond donors (Lipinski definition) is 1. The fourth-order valence-corrected chi connectivity index (χ4v) is 1.47. The van der Waals surface area contributed by atoms with E-state index in [1.54, 1.807) is 0 Å². The lowest BCUT2D eigenvalue weighted by molar-refractivity contribution is 0.0494. The second kappa shape index (κ2) is 5.92. The van der Waals surface area contributed by atoms with Gasteiger partial charge in [-0.2, -0.15) is 0 Å². The van der Waals surface area contributed by atoms with Crippen LogP contribution in [0.25, 0.3) is 0 Å². The van der Waals surface area contributed by atoms with Crippen molar-refractivity contribution in [1.82, 2.24) is 0 Å². The molecule has 3 nitrogen and oxygen atoms in total. The van der Waals surface area contributed by atoms with Gasteiger partial charge in [-0.05, 0) is 12.1 Å². The molecule has 0 aliphatic rings. The van der Waals surface area contributed by atoms with Gasteiger partial charge in [-0.15, -0.1) is 0 Å². The molecule has 2 N–H and O–H groups in total. The molecule has 6 heteroatoms. The Bertz CT molecular complexity index is 399. The first-order valence-corrected chi connectivity index (χ1v) is 5.29. The molecular formula is C10H10Cl2FNO2. The number of halogens is 3. The molecule has 0 aliphatic carbocycles. The third-order valence-electron chi connectivity index (χ3n) is 1.78. The highest BCUT2D eigenvalue weighted by Crippen LogP contribution is 2.29. The summed E-state index contributed by atoms with van der Waals surface area (Å²) < 4.78 is 16.6. The van der Waals surface area contributed by atoms with Crippen molar-refractivity contribution in [2.75, 3.05) is 19.0 Å². The second-order valence-electron chi connectivity index (χ2n) is 3.04. The van der Waals surface area contributed by atoms with Gasteiger partial charge in [0.15, 0.2) is 0 Å². The number of esters is 1. The van der Waals surface area contributed by atoms with Crippen molar-refractivity contribution >= 4 is 34.9 Å². The van der Waals surface area contributed by atoms with Crippen LogP contribution in [0, 0.1) is 0 Å². The number of carbonyl (C=O) groups is 1. The first-order chi connectivity index (χ1) is 7.56. The van der Waals surface area contributed by atoms with E-state index in [9.17, 15) is 9.18 Å². The quantitative estimate of drug-likeness (QED) is 0.517. The summed E-state index contributed by atoms with van der Waals surface area (Å²) in [5.74, 6) is -0.660. The van der Waals surface area contributed by atoms with Gasteiger partial charge in [0.05, 0.1) is 28.9 Å². The van der Waals surface area contributed by atoms with Gasteiger partial charge >= 0.3 is 5.97 Å². The largest absolute Gasteiger partial charge is 0.462 e. The van der Waals surface area contributed by atoms with Crippen LogP contribution in [-0.4, -0.2) is 19.3 Å². The molecule has 0 amide bonds. The Labute approximate surface area is 102 Å². The molecule has 0 spiro atoms. The number of carbonyl (C=O) groups excluding carboxylic acids is 1. The van der Waals surface area contributed by atoms with Crippen LogP contribution in [-0.2, 0) is 4.74 Å². The first-order valence-electron chi connectivity index (χ1n) is 4.54. The van der Waals surface area contributed by atoms with Crippen molar-refractivity contribution in [2.45, 2.75) is 6.42 Å². The molecule has 0 unspecified atom stereocenters. The van der Waals surface area contributed by atoms with Crippen molar-refractivity contribution in [3.8, 4) is 0 Å². The van der Waals surface area contributed by atoms with Crippen molar-refractivity contribution in [3.63, 3.8) is 0 Å². The Kier molecular flexibility index (Phi) is 4.83. The standard InChI is InChI=1S/C10H10Cl2FNO2/c11-8-5-6(14)4-7(9(8)12)10(15)16-3-1-2-13/h4-5H,1-3,14H2. The summed E-state index contributed by atoms with van der Waals surface area (Å²) in [6.45, 7) is -0.545. The van der Waals surface area contributed by atoms with E-state index in [2.05, 4.69) is 0 Å². The van der Waals surface area contributed by atoms with Gasteiger partial charge in [0.1, 0.15) is 0 Å². The summed E-state index contributed by atoms with van der Waals surface area (Å²) in [5, 5.41) is 0.264. The molecule has 0 bridgehead atoms. The Morgan fingerprint density at radius 2 is 2.12 bits per heavy atom. The van der Waals surface area contributed by atoms with E-state index in [4.69, 9.17) is 33.7 Å². The maximum absolute atomic E-state index is 11.8. The number of nitrogens with two attached hydrogens (primary N) is 1. The number of benzene rings is 1. The number of hydrogen-bond acceptors (Lipinski definition) is 3. The molecule has 0 aromatic heterocycles. The van der Waals surface area contributed by atoms with Gasteiger partial charge in [0, 0.05) is 12.1 Å². The predicted octanol–water partition coefficient (Wildman–Crippen LogP) is 3.09. The molecule has 0 aliphatic heterocycles. The predicted molar refractivity (Wildman–Crippen MR) is 61.7 cm³/mol. The highest BCUT2D eigenvalue weighted by molar-refractivity contribution is 6.44. The molecule has 1 aromatic carbocycles. The summed E-state index contributed by atoms with van der Waals surface area (Å²) in [6.07, 6.45) is 0.152. The fraction of sp³-hybridized carbons (Fsp3) is 0.300. The van der Waals surface area contributed by atoms with Crippen LogP contribution in [0.15, 0.2) is 12.1 Å². The summed E-state index contributed by atoms with van der Waals surface area (Å²) >= 11 is 11.6. The molecule has 1 aromatic rings. The van der Waals surface area contributed by atoms with E-state index < -0.39 is 12.6 Å². The average Bonchev–Trinajstić information content (AvgIpc) is 2.23. The number of nitrogen functional groups attached to an aromatic ring is 1. The lowest BCUT2D eigenvalue weighted by atomic mass is 10.2. The number of alkyl halides is 1. The normalized spacial score (nSPS) is 10.2. The van der Waals surface area contributed by atoms with Crippen LogP contribution >= 0.6 is 23.2 Å². The summed E-state index contributed by atoms with van der Waals surface area (Å²) in [4.78, 5) is 11.5. The Morgan fingerprint density at radius 3 is 2.75 bits per heavy atom. The van der Waals surface area contributed by atoms with Crippen molar-refractivity contribution in [3.05, 3.63) is 27.7 Å². The van der Waals surface area contributed by atoms with Gasteiger partial charge in [-0.1, -0.05) is 23.2 Å². The SMILES string of the molecule is Nc1cc(Cl)c(Cl)c(C(=O)OCCCF)c1. The van der Waals surface area contributed by atoms with Crippen LogP contribution in [0.5, 0.6) is 0 Å². The lowest BCUT2D eigenvalue weighted by Gasteiger charge is -2.07. The van der Waals surface area contributed by atoms with Gasteiger partial charge in [0.25, 0.3) is 0 Å². The van der Waals surface area contributed by atoms with Gasteiger partial charge in [0.2, 0.25) is 0 Å². The van der Waals surface area contributed by atoms with Crippen LogP contribution in [0.1, 0.15) is 16.8 Å². The molecule has 0 atom stereocenters. The molecule has 0 saturated heterocycles. The van der Waals surface area contributed by atoms with Gasteiger partial charge in [-0.25, -0.2) is 4.79 Å². The zero-order valence-electron chi connectivity index (χ0n) is 8.30. The maximum Gasteiger partial charge on any atom is 0.339 e. The minimum atomic E-state index is -0.660. The highest BCUT2D eigenvalue weighted by Gasteiger charge is 2.15. The Morgan fingerprint density at radius 1 is 1.44 bits per heavy atom. The third kappa shape index (κ3) is 3.25. The van der Waals surface area contributed by atoms with Crippen molar-refractivity contribution in [1.29, 1.82) is 0 Å². The molecule has 0 saturated carbocycles. The zero-order chi connectivity index (χ0) is 12.1. The minimum absolute atomic E-state index is 0.00190. The summed E-state index contributed by atoms with van der Waals surface area (Å²) in [6, 6.07) is 2.80. The average molecular weight is 266 g/mol. The molecule has 88 valence electrons. The van der Waals surface area contributed by atoms with Crippen LogP contribution in [0.2, 0.25) is 10.0 Å². The monoisotopic (exact) mass is 265 g/mol. The Hall–Kier alpha value is -1.00. The van der Waals surface area contributed by atoms with Crippen molar-refractivity contribution in [2.24, 2.45) is 0 Å². The minimum Gasteiger partial charge on any atom is -0.462 e. The van der Waals surface area contributed by atoms with Gasteiger partial charge in [-0.3, -0.25) is 4.39 Å². The lowest BCUT2D eigenvalue weighted by Crippen LogP contribution is -2.08. The number of ether oxygens (including phenoxy) is 1. The van der Waals surface area contributed by atoms with E-state index >= 15 is 0 Å². The third-order valence-corrected chi connectivity index (χ3v) is 2.58. The molecular weight excluding hydrogens is 256 g/mol. The molecule has 16 heavy (non-hydrogen) atoms. The summed E-state index contributed by atoms with van der Waals surface area (Å²) in [7, 11) is 0. The van der Waals surface area contributed by atoms with E-state index in [0.29, 0.717) is 5.69 Å². The van der Waals surface area contributed by atoms with Gasteiger partial charge < -0.3 is 10.5 Å². The molecule has 0 fully saturated rings. The Balaban J connectivity index is 2.82. The zero-order valence-corrected chi connectivity index (χ0v) is 9.82. The maximum atomic E-state index is 11.8. The van der Waals surface area contributed by atoms with Crippen LogP contribution in [0.3, 0.4) is 0 Å². The molecule has 1 rings (SSSR count). The van der Waals surface area contributed by atoms with E-state index in [0.717, 1.165) is 0 Å². The van der Waals surface area contributed by atoms with E-state index in [1.165, 1.54) is 12.1 Å². The summed E-state index contributed by atoms with van der Waals surface area (Å²) in [5.41, 5.74) is 5.91. The topological polar surface area (TPSA) is 52.3 Å².